The van der Waals surface area contributed by atoms with Crippen LogP contribution in [-0.4, -0.2) is 140 Å². The molecule has 0 saturated carbocycles. The zero-order valence-corrected chi connectivity index (χ0v) is 24.4. The third-order valence-electron chi connectivity index (χ3n) is 6.99. The van der Waals surface area contributed by atoms with Gasteiger partial charge in [0.05, 0.1) is 19.3 Å². The van der Waals surface area contributed by atoms with Crippen molar-refractivity contribution in [3.63, 3.8) is 0 Å². The first-order chi connectivity index (χ1) is 19.7. The molecule has 0 amide bonds. The molecule has 0 aromatic heterocycles. The highest BCUT2D eigenvalue weighted by Gasteiger charge is 2.46. The van der Waals surface area contributed by atoms with Crippen LogP contribution in [0.4, 0.5) is 11.4 Å². The molecular weight excluding hydrogens is 580 g/mol. The van der Waals surface area contributed by atoms with Gasteiger partial charge in [0.1, 0.15) is 49.5 Å². The molecule has 13 nitrogen and oxygen atoms in total. The summed E-state index contributed by atoms with van der Waals surface area (Å²) < 4.78 is 16.4. The topological polar surface area (TPSA) is 214 Å². The molecule has 2 heterocycles. The van der Waals surface area contributed by atoms with Crippen molar-refractivity contribution in [3.8, 4) is 0 Å². The van der Waals surface area contributed by atoms with Crippen LogP contribution in [-0.2, 0) is 14.2 Å². The second kappa shape index (κ2) is 18.0. The van der Waals surface area contributed by atoms with E-state index in [1.165, 1.54) is 18.6 Å². The normalized spacial score (nSPS) is 29.6. The van der Waals surface area contributed by atoms with Crippen LogP contribution < -0.4 is 10.6 Å². The van der Waals surface area contributed by atoms with Crippen molar-refractivity contribution in [1.82, 2.24) is 0 Å². The Labute approximate surface area is 247 Å². The van der Waals surface area contributed by atoms with Crippen molar-refractivity contribution >= 4 is 33.0 Å². The second-order valence-electron chi connectivity index (χ2n) is 10.1. The number of anilines is 2. The summed E-state index contributed by atoms with van der Waals surface area (Å²) in [7, 11) is 3.94. The van der Waals surface area contributed by atoms with Crippen molar-refractivity contribution in [2.24, 2.45) is 0 Å². The molecular formula is C26H44N2O11S2. The fraction of sp³-hybridized carbons (Fsp3) is 0.769. The Kier molecular flexibility index (Phi) is 15.2. The number of ether oxygens (including phenoxy) is 3. The number of unbranched alkanes of at least 4 members (excludes halogenated alkanes) is 1. The Morgan fingerprint density at radius 3 is 2.41 bits per heavy atom. The van der Waals surface area contributed by atoms with Crippen molar-refractivity contribution in [1.29, 1.82) is 0 Å². The summed E-state index contributed by atoms with van der Waals surface area (Å²) >= 11 is 0. The van der Waals surface area contributed by atoms with E-state index in [1.807, 2.05) is 27.7 Å². The van der Waals surface area contributed by atoms with Crippen LogP contribution in [0.1, 0.15) is 25.7 Å². The molecule has 236 valence electrons. The van der Waals surface area contributed by atoms with Crippen molar-refractivity contribution < 1.29 is 55.1 Å². The van der Waals surface area contributed by atoms with E-state index in [1.54, 1.807) is 18.2 Å². The summed E-state index contributed by atoms with van der Waals surface area (Å²) in [5.74, 6) is 1.25. The average molecular weight is 625 g/mol. The monoisotopic (exact) mass is 624 g/mol. The molecule has 15 heteroatoms. The zero-order valence-electron chi connectivity index (χ0n) is 22.8. The van der Waals surface area contributed by atoms with Crippen LogP contribution in [0.25, 0.3) is 0 Å². The smallest absolute Gasteiger partial charge is 0.187 e. The lowest BCUT2D eigenvalue weighted by Gasteiger charge is -2.42. The number of nitrogens with one attached hydrogen (secondary N) is 2. The number of benzene rings is 1. The van der Waals surface area contributed by atoms with Crippen LogP contribution in [0, 0.1) is 0 Å². The van der Waals surface area contributed by atoms with Crippen LogP contribution >= 0.6 is 21.6 Å². The van der Waals surface area contributed by atoms with Crippen LogP contribution in [0.3, 0.4) is 0 Å². The maximum Gasteiger partial charge on any atom is 0.187 e. The highest BCUT2D eigenvalue weighted by molar-refractivity contribution is 8.77. The Morgan fingerprint density at radius 1 is 0.976 bits per heavy atom. The van der Waals surface area contributed by atoms with Gasteiger partial charge in [-0.2, -0.15) is 0 Å². The predicted molar refractivity (Wildman–Crippen MR) is 155 cm³/mol. The molecule has 2 saturated heterocycles. The number of aliphatic hydroxyl groups is 8. The van der Waals surface area contributed by atoms with Gasteiger partial charge in [0, 0.05) is 35.5 Å². The molecule has 2 aliphatic rings. The molecule has 1 aromatic rings. The van der Waals surface area contributed by atoms with Gasteiger partial charge >= 0.3 is 0 Å². The molecule has 10 atom stereocenters. The lowest BCUT2D eigenvalue weighted by Crippen LogP contribution is -2.61. The summed E-state index contributed by atoms with van der Waals surface area (Å²) in [4.78, 5) is 0. The molecule has 0 bridgehead atoms. The Bertz CT molecular complexity index is 870. The Balaban J connectivity index is 1.44. The number of hydrogen-bond acceptors (Lipinski definition) is 15. The first-order valence-electron chi connectivity index (χ1n) is 13.8. The first-order valence-corrected chi connectivity index (χ1v) is 16.2. The number of aliphatic hydroxyl groups excluding tert-OH is 8. The van der Waals surface area contributed by atoms with Crippen LogP contribution in [0.2, 0.25) is 0 Å². The largest absolute Gasteiger partial charge is 0.394 e. The highest BCUT2D eigenvalue weighted by atomic mass is 33.1. The summed E-state index contributed by atoms with van der Waals surface area (Å²) in [6, 6.07) is 7.21. The number of hydrogen-bond donors (Lipinski definition) is 10. The minimum atomic E-state index is -1.79. The van der Waals surface area contributed by atoms with Gasteiger partial charge in [0.2, 0.25) is 0 Å². The lowest BCUT2D eigenvalue weighted by atomic mass is 9.98. The molecule has 2 fully saturated rings. The van der Waals surface area contributed by atoms with E-state index in [2.05, 4.69) is 10.6 Å². The highest BCUT2D eigenvalue weighted by Crippen LogP contribution is 2.39. The summed E-state index contributed by atoms with van der Waals surface area (Å²) in [6.07, 6.45) is -10.1. The SMILES string of the molecule is OCC(O)C(OC1OC(CO)C(O)C(O)C1O)C(O)C(O)CNc1cccc(NCOCCCCC2CCSS2)c1. The maximum absolute atomic E-state index is 10.7. The molecule has 10 unspecified atom stereocenters. The third-order valence-corrected chi connectivity index (χ3v) is 9.99. The van der Waals surface area contributed by atoms with E-state index in [-0.39, 0.29) is 6.54 Å². The maximum atomic E-state index is 10.7. The predicted octanol–water partition coefficient (Wildman–Crippen LogP) is -0.931. The third kappa shape index (κ3) is 10.6. The van der Waals surface area contributed by atoms with Crippen molar-refractivity contribution in [2.45, 2.75) is 86.1 Å². The molecule has 3 rings (SSSR count). The van der Waals surface area contributed by atoms with Crippen LogP contribution in [0.15, 0.2) is 24.3 Å². The van der Waals surface area contributed by atoms with Crippen molar-refractivity contribution in [2.75, 3.05) is 49.5 Å². The number of rotatable bonds is 18. The van der Waals surface area contributed by atoms with Gasteiger partial charge in [-0.3, -0.25) is 0 Å². The van der Waals surface area contributed by atoms with Gasteiger partial charge in [-0.25, -0.2) is 0 Å². The summed E-state index contributed by atoms with van der Waals surface area (Å²) in [6.45, 7) is -0.716. The van der Waals surface area contributed by atoms with E-state index >= 15 is 0 Å². The lowest BCUT2D eigenvalue weighted by molar-refractivity contribution is -0.326. The van der Waals surface area contributed by atoms with Gasteiger partial charge in [-0.05, 0) is 37.5 Å². The van der Waals surface area contributed by atoms with E-state index < -0.39 is 68.3 Å². The van der Waals surface area contributed by atoms with Gasteiger partial charge in [-0.15, -0.1) is 0 Å². The quantitative estimate of drug-likeness (QED) is 0.0543. The molecule has 1 aromatic carbocycles. The van der Waals surface area contributed by atoms with E-state index in [0.717, 1.165) is 23.8 Å². The summed E-state index contributed by atoms with van der Waals surface area (Å²) in [5, 5.41) is 87.4. The minimum Gasteiger partial charge on any atom is -0.394 e. The van der Waals surface area contributed by atoms with Crippen LogP contribution in [0.5, 0.6) is 0 Å². The fourth-order valence-corrected chi connectivity index (χ4v) is 7.51. The zero-order chi connectivity index (χ0) is 29.8. The van der Waals surface area contributed by atoms with Crippen molar-refractivity contribution in [3.05, 3.63) is 24.3 Å². The standard InChI is InChI=1S/C26H44N2O11S2/c29-12-19(32)25(39-26-24(36)23(35)22(34)20(13-30)38-26)21(33)18(31)11-27-15-4-3-5-16(10-15)28-14-37-8-2-1-6-17-7-9-40-41-17/h3-5,10,17-36H,1-2,6-9,11-14H2. The Hall–Kier alpha value is -0.920. The minimum absolute atomic E-state index is 0.175. The van der Waals surface area contributed by atoms with E-state index in [0.29, 0.717) is 19.0 Å². The molecule has 41 heavy (non-hydrogen) atoms. The second-order valence-corrected chi connectivity index (χ2v) is 12.9. The fourth-order valence-electron chi connectivity index (χ4n) is 4.49. The molecule has 0 aliphatic carbocycles. The van der Waals surface area contributed by atoms with E-state index in [4.69, 9.17) is 14.2 Å². The molecule has 10 N–H and O–H groups in total. The molecule has 2 aliphatic heterocycles. The van der Waals surface area contributed by atoms with E-state index in [9.17, 15) is 40.9 Å². The first kappa shape index (κ1) is 34.6. The van der Waals surface area contributed by atoms with Gasteiger partial charge in [0.25, 0.3) is 0 Å². The average Bonchev–Trinajstić information content (AvgIpc) is 3.51. The van der Waals surface area contributed by atoms with Gasteiger partial charge in [-0.1, -0.05) is 34.1 Å². The van der Waals surface area contributed by atoms with Gasteiger partial charge in [0.15, 0.2) is 6.29 Å². The van der Waals surface area contributed by atoms with Gasteiger partial charge < -0.3 is 65.7 Å². The molecule has 0 radical (unpaired) electrons. The Morgan fingerprint density at radius 2 is 1.73 bits per heavy atom. The molecule has 0 spiro atoms. The summed E-state index contributed by atoms with van der Waals surface area (Å²) in [5.41, 5.74) is 1.41.